The summed E-state index contributed by atoms with van der Waals surface area (Å²) < 4.78 is 25.9. The third-order valence-electron chi connectivity index (χ3n) is 9.33. The van der Waals surface area contributed by atoms with Crippen molar-refractivity contribution in [3.63, 3.8) is 0 Å². The summed E-state index contributed by atoms with van der Waals surface area (Å²) in [4.78, 5) is 26.9. The highest BCUT2D eigenvalue weighted by atomic mass is 16.7. The van der Waals surface area contributed by atoms with Gasteiger partial charge >= 0.3 is 0 Å². The molecule has 6 aromatic carbocycles. The predicted octanol–water partition coefficient (Wildman–Crippen LogP) is 8.12. The van der Waals surface area contributed by atoms with Crippen molar-refractivity contribution in [1.82, 2.24) is 0 Å². The van der Waals surface area contributed by atoms with E-state index in [1.807, 2.05) is 103 Å². The Morgan fingerprint density at radius 2 is 1.02 bits per heavy atom. The number of benzene rings is 6. The molecule has 1 aliphatic heterocycles. The van der Waals surface area contributed by atoms with Crippen LogP contribution >= 0.6 is 0 Å². The Morgan fingerprint density at radius 1 is 0.564 bits per heavy atom. The second kappa shape index (κ2) is 17.9. The zero-order valence-corrected chi connectivity index (χ0v) is 30.1. The Morgan fingerprint density at radius 3 is 1.55 bits per heavy atom. The Hall–Kier alpha value is -5.94. The van der Waals surface area contributed by atoms with Gasteiger partial charge in [0.05, 0.1) is 37.8 Å². The average Bonchev–Trinajstić information content (AvgIpc) is 3.51. The van der Waals surface area contributed by atoms with Gasteiger partial charge in [0.15, 0.2) is 0 Å². The molecule has 6 aromatic rings. The number of hydrogen-bond donors (Lipinski definition) is 3. The lowest BCUT2D eigenvalue weighted by atomic mass is 9.96. The van der Waals surface area contributed by atoms with E-state index in [0.717, 1.165) is 16.7 Å². The molecule has 0 radical (unpaired) electrons. The topological polar surface area (TPSA) is 115 Å². The molecule has 1 aliphatic rings. The van der Waals surface area contributed by atoms with Gasteiger partial charge in [-0.1, -0.05) is 133 Å². The van der Waals surface area contributed by atoms with E-state index in [0.29, 0.717) is 23.4 Å². The molecule has 0 aliphatic carbocycles. The smallest absolute Gasteiger partial charge is 0.255 e. The summed E-state index contributed by atoms with van der Waals surface area (Å²) in [5, 5.41) is 18.7. The van der Waals surface area contributed by atoms with E-state index in [-0.39, 0.29) is 37.0 Å². The summed E-state index contributed by atoms with van der Waals surface area (Å²) >= 11 is 0. The third kappa shape index (κ3) is 9.42. The zero-order valence-electron chi connectivity index (χ0n) is 30.1. The van der Waals surface area contributed by atoms with Crippen molar-refractivity contribution in [3.05, 3.63) is 203 Å². The predicted molar refractivity (Wildman–Crippen MR) is 210 cm³/mol. The third-order valence-corrected chi connectivity index (χ3v) is 9.33. The molecule has 0 spiro atoms. The summed E-state index contributed by atoms with van der Waals surface area (Å²) in [5.41, 5.74) is 4.53. The molecule has 278 valence electrons. The highest BCUT2D eigenvalue weighted by Crippen LogP contribution is 2.43. The molecule has 9 nitrogen and oxygen atoms in total. The van der Waals surface area contributed by atoms with Gasteiger partial charge in [-0.2, -0.15) is 0 Å². The minimum atomic E-state index is -2.08. The lowest BCUT2D eigenvalue weighted by Crippen LogP contribution is -2.44. The minimum absolute atomic E-state index is 0.0880. The number of carbonyl (C=O) groups is 2. The maximum absolute atomic E-state index is 13.5. The van der Waals surface area contributed by atoms with E-state index < -0.39 is 30.0 Å². The molecular weight excluding hydrogens is 693 g/mol. The van der Waals surface area contributed by atoms with Crippen molar-refractivity contribution in [2.75, 3.05) is 17.2 Å². The molecule has 0 aromatic heterocycles. The highest BCUT2D eigenvalue weighted by molar-refractivity contribution is 6.10. The molecular formula is C46H42N2O7. The van der Waals surface area contributed by atoms with Crippen LogP contribution < -0.4 is 10.6 Å². The van der Waals surface area contributed by atoms with Crippen molar-refractivity contribution < 1.29 is 33.6 Å². The van der Waals surface area contributed by atoms with Crippen LogP contribution in [0.2, 0.25) is 0 Å². The van der Waals surface area contributed by atoms with Gasteiger partial charge in [-0.05, 0) is 53.1 Å². The molecule has 9 heteroatoms. The van der Waals surface area contributed by atoms with Gasteiger partial charge in [0.25, 0.3) is 11.8 Å². The largest absolute Gasteiger partial charge is 0.374 e. The van der Waals surface area contributed by atoms with Crippen LogP contribution in [0.25, 0.3) is 0 Å². The van der Waals surface area contributed by atoms with Crippen LogP contribution in [0.15, 0.2) is 170 Å². The van der Waals surface area contributed by atoms with Crippen LogP contribution in [0.3, 0.4) is 0 Å². The number of aliphatic hydroxyl groups is 1. The van der Waals surface area contributed by atoms with Crippen LogP contribution in [0.5, 0.6) is 0 Å². The van der Waals surface area contributed by atoms with E-state index in [9.17, 15) is 14.7 Å². The van der Waals surface area contributed by atoms with Crippen molar-refractivity contribution in [2.24, 2.45) is 0 Å². The summed E-state index contributed by atoms with van der Waals surface area (Å²) in [7, 11) is 0. The fourth-order valence-electron chi connectivity index (χ4n) is 6.49. The second-order valence-electron chi connectivity index (χ2n) is 13.2. The van der Waals surface area contributed by atoms with Gasteiger partial charge < -0.3 is 34.7 Å². The van der Waals surface area contributed by atoms with E-state index in [1.165, 1.54) is 0 Å². The van der Waals surface area contributed by atoms with Crippen molar-refractivity contribution in [2.45, 2.75) is 43.9 Å². The van der Waals surface area contributed by atoms with Gasteiger partial charge in [0.1, 0.15) is 18.3 Å². The Balaban J connectivity index is 1.25. The standard InChI is InChI=1S/C46H42N2O7/c49-44(36-22-12-4-13-23-36)47-39-27-26-38(28-40(39)48-45(50)37-24-14-5-15-25-37)46(51)43(54-31-35-20-10-3-11-21-35)42(53-30-34-18-8-2-9-19-34)41(55-46)32-52-29-33-16-6-1-7-17-33/h1-28,41-43,51H,29-32H2,(H,47,49)(H,48,50)/t41-,42-,43-,46?/m1/s1. The van der Waals surface area contributed by atoms with Crippen LogP contribution in [0, 0.1) is 0 Å². The van der Waals surface area contributed by atoms with Crippen molar-refractivity contribution in [3.8, 4) is 0 Å². The first kappa shape index (κ1) is 37.4. The molecule has 0 saturated carbocycles. The molecule has 2 amide bonds. The number of ether oxygens (including phenoxy) is 4. The molecule has 1 heterocycles. The molecule has 55 heavy (non-hydrogen) atoms. The molecule has 1 fully saturated rings. The molecule has 0 bridgehead atoms. The average molecular weight is 735 g/mol. The molecule has 1 unspecified atom stereocenters. The Bertz CT molecular complexity index is 2140. The highest BCUT2D eigenvalue weighted by Gasteiger charge is 2.57. The molecule has 3 N–H and O–H groups in total. The number of hydrogen-bond acceptors (Lipinski definition) is 7. The number of carbonyl (C=O) groups excluding carboxylic acids is 2. The zero-order chi connectivity index (χ0) is 37.9. The van der Waals surface area contributed by atoms with E-state index in [2.05, 4.69) is 10.6 Å². The Kier molecular flexibility index (Phi) is 12.2. The fourth-order valence-corrected chi connectivity index (χ4v) is 6.49. The maximum Gasteiger partial charge on any atom is 0.255 e. The van der Waals surface area contributed by atoms with Crippen molar-refractivity contribution in [1.29, 1.82) is 0 Å². The van der Waals surface area contributed by atoms with Crippen LogP contribution in [-0.2, 0) is 44.6 Å². The molecule has 1 saturated heterocycles. The monoisotopic (exact) mass is 734 g/mol. The summed E-state index contributed by atoms with van der Waals surface area (Å²) in [6.07, 6.45) is -2.60. The lowest BCUT2D eigenvalue weighted by Gasteiger charge is -2.31. The Labute approximate surface area is 320 Å². The second-order valence-corrected chi connectivity index (χ2v) is 13.2. The van der Waals surface area contributed by atoms with Gasteiger partial charge in [-0.25, -0.2) is 0 Å². The number of nitrogens with one attached hydrogen (secondary N) is 2. The van der Waals surface area contributed by atoms with Crippen LogP contribution in [0.1, 0.15) is 43.0 Å². The minimum Gasteiger partial charge on any atom is -0.374 e. The summed E-state index contributed by atoms with van der Waals surface area (Å²) in [6.45, 7) is 0.799. The lowest BCUT2D eigenvalue weighted by molar-refractivity contribution is -0.253. The van der Waals surface area contributed by atoms with Gasteiger partial charge in [-0.3, -0.25) is 9.59 Å². The number of rotatable bonds is 15. The van der Waals surface area contributed by atoms with E-state index >= 15 is 0 Å². The maximum atomic E-state index is 13.5. The SMILES string of the molecule is O=C(Nc1ccc(C2(O)O[C@H](COCc3ccccc3)[C@@H](OCc3ccccc3)[C@H]2OCc2ccccc2)cc1NC(=O)c1ccccc1)c1ccccc1. The first-order valence-electron chi connectivity index (χ1n) is 18.2. The summed E-state index contributed by atoms with van der Waals surface area (Å²) in [6, 6.07) is 51.6. The fraction of sp³-hybridized carbons (Fsp3) is 0.174. The van der Waals surface area contributed by atoms with E-state index in [1.54, 1.807) is 66.7 Å². The quantitative estimate of drug-likeness (QED) is 0.0977. The normalized spacial score (nSPS) is 19.1. The van der Waals surface area contributed by atoms with Crippen LogP contribution in [0.4, 0.5) is 11.4 Å². The van der Waals surface area contributed by atoms with Gasteiger partial charge in [0.2, 0.25) is 5.79 Å². The molecule has 7 rings (SSSR count). The number of amides is 2. The molecule has 4 atom stereocenters. The summed E-state index contributed by atoms with van der Waals surface area (Å²) in [5.74, 6) is -2.85. The number of anilines is 2. The van der Waals surface area contributed by atoms with E-state index in [4.69, 9.17) is 18.9 Å². The van der Waals surface area contributed by atoms with Gasteiger partial charge in [0, 0.05) is 16.7 Å². The van der Waals surface area contributed by atoms with Crippen molar-refractivity contribution >= 4 is 23.2 Å². The van der Waals surface area contributed by atoms with Gasteiger partial charge in [-0.15, -0.1) is 0 Å². The van der Waals surface area contributed by atoms with Crippen LogP contribution in [-0.4, -0.2) is 41.8 Å². The first-order valence-corrected chi connectivity index (χ1v) is 18.2. The first-order chi connectivity index (χ1) is 27.0.